The molecule has 3 saturated carbocycles. The third-order valence-electron chi connectivity index (χ3n) is 12.1. The van der Waals surface area contributed by atoms with E-state index in [1.165, 1.54) is 17.7 Å². The van der Waals surface area contributed by atoms with Crippen LogP contribution >= 0.6 is 0 Å². The Balaban J connectivity index is 1.05. The normalized spacial score (nSPS) is 33.5. The SMILES string of the molecule is CC12Cc3cnn(-c4ccc(F)cc4)c3C=C1CCC1C2C(O)CC2(C)C1CCC2(O)C(=O)COc1nccc2ccccc12. The van der Waals surface area contributed by atoms with Gasteiger partial charge in [0.05, 0.1) is 23.7 Å². The summed E-state index contributed by atoms with van der Waals surface area (Å²) < 4.78 is 21.4. The molecular formula is C37H38FN3O4. The lowest BCUT2D eigenvalue weighted by Gasteiger charge is -2.60. The molecule has 0 radical (unpaired) electrons. The van der Waals surface area contributed by atoms with Crippen LogP contribution in [0.5, 0.6) is 5.88 Å². The fraction of sp³-hybridized carbons (Fsp3) is 0.432. The quantitative estimate of drug-likeness (QED) is 0.285. The molecule has 0 aliphatic heterocycles. The predicted molar refractivity (Wildman–Crippen MR) is 168 cm³/mol. The predicted octanol–water partition coefficient (Wildman–Crippen LogP) is 6.09. The first-order valence-electron chi connectivity index (χ1n) is 16.1. The number of hydrogen-bond donors (Lipinski definition) is 2. The Morgan fingerprint density at radius 3 is 2.73 bits per heavy atom. The van der Waals surface area contributed by atoms with Crippen LogP contribution in [0.15, 0.2) is 72.6 Å². The van der Waals surface area contributed by atoms with Gasteiger partial charge in [0.1, 0.15) is 11.4 Å². The lowest BCUT2D eigenvalue weighted by molar-refractivity contribution is -0.180. The van der Waals surface area contributed by atoms with Gasteiger partial charge in [-0.2, -0.15) is 5.10 Å². The number of carbonyl (C=O) groups excluding carboxylic acids is 1. The number of aliphatic hydroxyl groups excluding tert-OH is 1. The molecule has 0 spiro atoms. The Morgan fingerprint density at radius 2 is 1.91 bits per heavy atom. The van der Waals surface area contributed by atoms with Crippen molar-refractivity contribution in [2.75, 3.05) is 6.61 Å². The summed E-state index contributed by atoms with van der Waals surface area (Å²) in [5.74, 6) is 0.0522. The number of hydrogen-bond acceptors (Lipinski definition) is 6. The molecule has 7 unspecified atom stereocenters. The van der Waals surface area contributed by atoms with Crippen molar-refractivity contribution in [3.05, 3.63) is 89.6 Å². The van der Waals surface area contributed by atoms with Gasteiger partial charge in [0.25, 0.3) is 0 Å². The molecule has 4 aliphatic rings. The first-order valence-corrected chi connectivity index (χ1v) is 16.1. The van der Waals surface area contributed by atoms with Gasteiger partial charge in [0, 0.05) is 17.0 Å². The molecule has 2 N–H and O–H groups in total. The largest absolute Gasteiger partial charge is 0.469 e. The third kappa shape index (κ3) is 4.11. The first-order chi connectivity index (χ1) is 21.6. The molecule has 0 amide bonds. The molecule has 4 aromatic rings. The molecule has 0 saturated heterocycles. The first kappa shape index (κ1) is 28.6. The number of fused-ring (bicyclic) bond motifs is 7. The third-order valence-corrected chi connectivity index (χ3v) is 12.1. The number of rotatable bonds is 5. The molecule has 4 aliphatic carbocycles. The number of carbonyl (C=O) groups is 1. The zero-order chi connectivity index (χ0) is 31.1. The van der Waals surface area contributed by atoms with Crippen LogP contribution in [0.4, 0.5) is 4.39 Å². The molecule has 2 aromatic carbocycles. The van der Waals surface area contributed by atoms with Crippen LogP contribution in [0.2, 0.25) is 0 Å². The highest BCUT2D eigenvalue weighted by Crippen LogP contribution is 2.67. The van der Waals surface area contributed by atoms with Gasteiger partial charge in [-0.15, -0.1) is 0 Å². The van der Waals surface area contributed by atoms with Crippen molar-refractivity contribution >= 4 is 22.6 Å². The second-order valence-corrected chi connectivity index (χ2v) is 14.2. The van der Waals surface area contributed by atoms with Gasteiger partial charge in [-0.25, -0.2) is 14.1 Å². The summed E-state index contributed by atoms with van der Waals surface area (Å²) in [5, 5.41) is 30.6. The maximum atomic E-state index is 13.8. The molecule has 2 heterocycles. The number of nitrogens with zero attached hydrogens (tertiary/aromatic N) is 3. The molecule has 3 fully saturated rings. The molecular weight excluding hydrogens is 569 g/mol. The van der Waals surface area contributed by atoms with Crippen molar-refractivity contribution in [3.8, 4) is 11.6 Å². The van der Waals surface area contributed by atoms with E-state index in [1.54, 1.807) is 18.3 Å². The summed E-state index contributed by atoms with van der Waals surface area (Å²) in [4.78, 5) is 18.2. The number of ether oxygens (including phenoxy) is 1. The minimum absolute atomic E-state index is 0.00600. The van der Waals surface area contributed by atoms with E-state index in [4.69, 9.17) is 4.74 Å². The summed E-state index contributed by atoms with van der Waals surface area (Å²) >= 11 is 0. The van der Waals surface area contributed by atoms with Gasteiger partial charge in [-0.1, -0.05) is 37.6 Å². The van der Waals surface area contributed by atoms with Crippen molar-refractivity contribution in [1.82, 2.24) is 14.8 Å². The number of ketones is 1. The van der Waals surface area contributed by atoms with E-state index >= 15 is 0 Å². The number of allylic oxidation sites excluding steroid dienone is 1. The van der Waals surface area contributed by atoms with Crippen LogP contribution in [0.25, 0.3) is 22.5 Å². The van der Waals surface area contributed by atoms with E-state index in [0.29, 0.717) is 18.7 Å². The summed E-state index contributed by atoms with van der Waals surface area (Å²) in [6, 6.07) is 16.0. The summed E-state index contributed by atoms with van der Waals surface area (Å²) in [6.07, 6.45) is 9.12. The second kappa shape index (κ2) is 10.1. The van der Waals surface area contributed by atoms with E-state index < -0.39 is 17.1 Å². The maximum Gasteiger partial charge on any atom is 0.221 e. The Bertz CT molecular complexity index is 1850. The van der Waals surface area contributed by atoms with Gasteiger partial charge >= 0.3 is 0 Å². The summed E-state index contributed by atoms with van der Waals surface area (Å²) in [5.41, 5.74) is 1.65. The highest BCUT2D eigenvalue weighted by molar-refractivity contribution is 5.91. The van der Waals surface area contributed by atoms with Crippen LogP contribution in [-0.4, -0.2) is 49.1 Å². The van der Waals surface area contributed by atoms with E-state index in [1.807, 2.05) is 48.1 Å². The molecule has 7 atom stereocenters. The Kier molecular flexibility index (Phi) is 6.39. The second-order valence-electron chi connectivity index (χ2n) is 14.2. The van der Waals surface area contributed by atoms with Crippen LogP contribution in [-0.2, 0) is 11.2 Å². The van der Waals surface area contributed by atoms with Crippen LogP contribution < -0.4 is 4.74 Å². The number of aromatic nitrogens is 3. The molecule has 232 valence electrons. The van der Waals surface area contributed by atoms with Crippen molar-refractivity contribution in [1.29, 1.82) is 0 Å². The van der Waals surface area contributed by atoms with Gasteiger partial charge < -0.3 is 14.9 Å². The monoisotopic (exact) mass is 607 g/mol. The number of benzene rings is 2. The molecule has 8 heteroatoms. The van der Waals surface area contributed by atoms with Gasteiger partial charge in [0.15, 0.2) is 6.61 Å². The Hall–Kier alpha value is -3.88. The lowest BCUT2D eigenvalue weighted by Crippen LogP contribution is -2.62. The van der Waals surface area contributed by atoms with Crippen molar-refractivity contribution in [2.45, 2.75) is 64.1 Å². The fourth-order valence-electron chi connectivity index (χ4n) is 9.90. The average Bonchev–Trinajstić information content (AvgIpc) is 3.55. The molecule has 2 aromatic heterocycles. The smallest absolute Gasteiger partial charge is 0.221 e. The number of pyridine rings is 1. The van der Waals surface area contributed by atoms with Crippen molar-refractivity contribution in [2.24, 2.45) is 28.6 Å². The Morgan fingerprint density at radius 1 is 1.11 bits per heavy atom. The van der Waals surface area contributed by atoms with Crippen LogP contribution in [0.1, 0.15) is 57.2 Å². The van der Waals surface area contributed by atoms with E-state index in [-0.39, 0.29) is 41.4 Å². The minimum Gasteiger partial charge on any atom is -0.469 e. The molecule has 8 rings (SSSR count). The maximum absolute atomic E-state index is 13.8. The lowest BCUT2D eigenvalue weighted by atomic mass is 9.45. The molecule has 7 nitrogen and oxygen atoms in total. The highest BCUT2D eigenvalue weighted by Gasteiger charge is 2.68. The molecule has 0 bridgehead atoms. The fourth-order valence-corrected chi connectivity index (χ4v) is 9.90. The van der Waals surface area contributed by atoms with E-state index in [0.717, 1.165) is 53.4 Å². The standard InChI is InChI=1S/C37H38FN3O4/c1-35-18-23-20-40-41(26-10-8-25(38)9-11-26)30(23)17-24(35)7-12-28-29-13-15-37(44,36(29,2)19-31(42)33(28)35)32(43)21-45-34-27-6-4-3-5-22(27)14-16-39-34/h3-6,8-11,14,16-17,20,28-29,31,33,42,44H,7,12-13,15,18-19,21H2,1-2H3. The highest BCUT2D eigenvalue weighted by atomic mass is 19.1. The van der Waals surface area contributed by atoms with Gasteiger partial charge in [-0.3, -0.25) is 4.79 Å². The van der Waals surface area contributed by atoms with E-state index in [9.17, 15) is 19.4 Å². The zero-order valence-corrected chi connectivity index (χ0v) is 25.6. The van der Waals surface area contributed by atoms with E-state index in [2.05, 4.69) is 23.1 Å². The topological polar surface area (TPSA) is 97.5 Å². The number of Topliss-reactive ketones (excluding diaryl/α,β-unsaturated/α-hetero) is 1. The number of halogens is 1. The zero-order valence-electron chi connectivity index (χ0n) is 25.6. The number of aliphatic hydroxyl groups is 2. The van der Waals surface area contributed by atoms with Crippen molar-refractivity contribution in [3.63, 3.8) is 0 Å². The van der Waals surface area contributed by atoms with Crippen LogP contribution in [0, 0.1) is 34.4 Å². The van der Waals surface area contributed by atoms with Gasteiger partial charge in [0.2, 0.25) is 11.7 Å². The Labute approximate surface area is 261 Å². The average molecular weight is 608 g/mol. The van der Waals surface area contributed by atoms with Crippen LogP contribution in [0.3, 0.4) is 0 Å². The summed E-state index contributed by atoms with van der Waals surface area (Å²) in [7, 11) is 0. The minimum atomic E-state index is -1.58. The van der Waals surface area contributed by atoms with Crippen molar-refractivity contribution < 1.29 is 24.1 Å². The summed E-state index contributed by atoms with van der Waals surface area (Å²) in [6.45, 7) is 4.02. The van der Waals surface area contributed by atoms with Gasteiger partial charge in [-0.05, 0) is 115 Å². The molecule has 45 heavy (non-hydrogen) atoms.